The molecule has 0 saturated heterocycles. The van der Waals surface area contributed by atoms with Gasteiger partial charge in [0, 0.05) is 6.04 Å². The maximum absolute atomic E-state index is 12.1. The van der Waals surface area contributed by atoms with E-state index >= 15 is 0 Å². The summed E-state index contributed by atoms with van der Waals surface area (Å²) < 4.78 is 5.54. The molecule has 2 unspecified atom stereocenters. The molecule has 126 valence electrons. The molecule has 0 amide bonds. The summed E-state index contributed by atoms with van der Waals surface area (Å²) in [5.41, 5.74) is 0. The van der Waals surface area contributed by atoms with E-state index in [9.17, 15) is 4.79 Å². The lowest BCUT2D eigenvalue weighted by atomic mass is 10.0. The zero-order chi connectivity index (χ0) is 16.1. The lowest BCUT2D eigenvalue weighted by Gasteiger charge is -2.29. The first-order valence-electron chi connectivity index (χ1n) is 9.02. The van der Waals surface area contributed by atoms with E-state index in [1.165, 1.54) is 19.3 Å². The number of hydrogen-bond donors (Lipinski definition) is 0. The van der Waals surface area contributed by atoms with Crippen LogP contribution in [0.25, 0.3) is 0 Å². The van der Waals surface area contributed by atoms with Crippen molar-refractivity contribution in [2.75, 3.05) is 19.7 Å². The van der Waals surface area contributed by atoms with Crippen LogP contribution in [0, 0.1) is 5.92 Å². The second-order valence-electron chi connectivity index (χ2n) is 5.97. The van der Waals surface area contributed by atoms with E-state index in [0.29, 0.717) is 25.0 Å². The van der Waals surface area contributed by atoms with E-state index in [1.807, 2.05) is 0 Å². The van der Waals surface area contributed by atoms with E-state index < -0.39 is 0 Å². The Morgan fingerprint density at radius 1 is 1.00 bits per heavy atom. The molecule has 0 aliphatic carbocycles. The van der Waals surface area contributed by atoms with Crippen LogP contribution in [0.4, 0.5) is 0 Å². The number of rotatable bonds is 13. The molecular weight excluding hydrogens is 262 g/mol. The number of nitrogens with zero attached hydrogens (tertiary/aromatic N) is 1. The average molecular weight is 299 g/mol. The summed E-state index contributed by atoms with van der Waals surface area (Å²) in [5.74, 6) is 0.516. The van der Waals surface area contributed by atoms with Gasteiger partial charge in [-0.15, -0.1) is 0 Å². The predicted octanol–water partition coefficient (Wildman–Crippen LogP) is 4.65. The molecule has 0 rings (SSSR count). The van der Waals surface area contributed by atoms with E-state index in [4.69, 9.17) is 4.74 Å². The Labute approximate surface area is 132 Å². The number of esters is 1. The molecule has 0 aromatic carbocycles. The number of hydrogen-bond acceptors (Lipinski definition) is 3. The molecule has 0 aromatic heterocycles. The Hall–Kier alpha value is -0.570. The minimum atomic E-state index is -0.0182. The molecular formula is C18H37NO2. The van der Waals surface area contributed by atoms with E-state index in [2.05, 4.69) is 39.5 Å². The highest BCUT2D eigenvalue weighted by Crippen LogP contribution is 2.15. The van der Waals surface area contributed by atoms with Gasteiger partial charge in [-0.3, -0.25) is 4.79 Å². The summed E-state index contributed by atoms with van der Waals surface area (Å²) in [6.07, 6.45) is 7.45. The summed E-state index contributed by atoms with van der Waals surface area (Å²) in [6, 6.07) is 0.341. The van der Waals surface area contributed by atoms with Gasteiger partial charge in [-0.2, -0.15) is 0 Å². The van der Waals surface area contributed by atoms with Gasteiger partial charge in [0.15, 0.2) is 0 Å². The third-order valence-corrected chi connectivity index (χ3v) is 4.38. The van der Waals surface area contributed by atoms with Crippen LogP contribution in [-0.2, 0) is 9.53 Å². The van der Waals surface area contributed by atoms with Crippen molar-refractivity contribution in [3.8, 4) is 0 Å². The molecule has 0 bridgehead atoms. The van der Waals surface area contributed by atoms with Gasteiger partial charge in [-0.05, 0) is 31.8 Å². The fraction of sp³-hybridized carbons (Fsp3) is 0.944. The summed E-state index contributed by atoms with van der Waals surface area (Å²) in [5, 5.41) is 0. The van der Waals surface area contributed by atoms with Gasteiger partial charge in [-0.25, -0.2) is 0 Å². The lowest BCUT2D eigenvalue weighted by molar-refractivity contribution is -0.146. The molecule has 3 nitrogen and oxygen atoms in total. The molecule has 0 N–H and O–H groups in total. The Kier molecular flexibility index (Phi) is 12.8. The van der Waals surface area contributed by atoms with Crippen LogP contribution in [0.5, 0.6) is 0 Å². The molecule has 0 radical (unpaired) electrons. The normalized spacial score (nSPS) is 14.2. The van der Waals surface area contributed by atoms with Gasteiger partial charge in [-0.1, -0.05) is 60.3 Å². The molecule has 0 spiro atoms. The van der Waals surface area contributed by atoms with E-state index in [0.717, 1.165) is 32.4 Å². The van der Waals surface area contributed by atoms with Gasteiger partial charge < -0.3 is 9.64 Å². The Bertz CT molecular complexity index is 252. The van der Waals surface area contributed by atoms with Crippen molar-refractivity contribution in [3.63, 3.8) is 0 Å². The fourth-order valence-electron chi connectivity index (χ4n) is 2.85. The lowest BCUT2D eigenvalue weighted by Crippen LogP contribution is -2.37. The Morgan fingerprint density at radius 3 is 2.14 bits per heavy atom. The van der Waals surface area contributed by atoms with Crippen LogP contribution in [-0.4, -0.2) is 36.6 Å². The number of carbonyl (C=O) groups is 1. The molecule has 0 fully saturated rings. The minimum Gasteiger partial charge on any atom is -0.465 e. The van der Waals surface area contributed by atoms with E-state index in [-0.39, 0.29) is 5.97 Å². The maximum Gasteiger partial charge on any atom is 0.307 e. The van der Waals surface area contributed by atoms with Gasteiger partial charge in [0.25, 0.3) is 0 Å². The largest absolute Gasteiger partial charge is 0.465 e. The van der Waals surface area contributed by atoms with E-state index in [1.54, 1.807) is 0 Å². The SMILES string of the molecule is CCCCC(CC)COC(=O)CC(CCC)N(CC)CC. The number of unbranched alkanes of at least 4 members (excludes halogenated alkanes) is 1. The maximum atomic E-state index is 12.1. The molecule has 0 aromatic rings. The second-order valence-corrected chi connectivity index (χ2v) is 5.97. The molecule has 0 heterocycles. The van der Waals surface area contributed by atoms with Crippen molar-refractivity contribution in [2.45, 2.75) is 85.6 Å². The summed E-state index contributed by atoms with van der Waals surface area (Å²) >= 11 is 0. The number of ether oxygens (including phenoxy) is 1. The summed E-state index contributed by atoms with van der Waals surface area (Å²) in [4.78, 5) is 14.5. The van der Waals surface area contributed by atoms with Crippen LogP contribution in [0.15, 0.2) is 0 Å². The average Bonchev–Trinajstić information content (AvgIpc) is 2.49. The van der Waals surface area contributed by atoms with Crippen LogP contribution in [0.1, 0.15) is 79.6 Å². The summed E-state index contributed by atoms with van der Waals surface area (Å²) in [7, 11) is 0. The molecule has 0 aliphatic rings. The Balaban J connectivity index is 4.23. The zero-order valence-corrected chi connectivity index (χ0v) is 15.0. The Morgan fingerprint density at radius 2 is 1.67 bits per heavy atom. The third kappa shape index (κ3) is 9.13. The van der Waals surface area contributed by atoms with Crippen molar-refractivity contribution in [1.29, 1.82) is 0 Å². The standard InChI is InChI=1S/C18H37NO2/c1-6-11-13-16(8-3)15-21-18(20)14-17(12-7-2)19(9-4)10-5/h16-17H,6-15H2,1-5H3. The highest BCUT2D eigenvalue weighted by Gasteiger charge is 2.20. The van der Waals surface area contributed by atoms with Crippen molar-refractivity contribution in [1.82, 2.24) is 4.90 Å². The third-order valence-electron chi connectivity index (χ3n) is 4.38. The fourth-order valence-corrected chi connectivity index (χ4v) is 2.85. The highest BCUT2D eigenvalue weighted by atomic mass is 16.5. The topological polar surface area (TPSA) is 29.5 Å². The van der Waals surface area contributed by atoms with Crippen LogP contribution >= 0.6 is 0 Å². The molecule has 2 atom stereocenters. The zero-order valence-electron chi connectivity index (χ0n) is 15.0. The van der Waals surface area contributed by atoms with Crippen LogP contribution in [0.2, 0.25) is 0 Å². The predicted molar refractivity (Wildman–Crippen MR) is 90.5 cm³/mol. The molecule has 3 heteroatoms. The first kappa shape index (κ1) is 20.4. The minimum absolute atomic E-state index is 0.0182. The van der Waals surface area contributed by atoms with Crippen molar-refractivity contribution < 1.29 is 9.53 Å². The van der Waals surface area contributed by atoms with Gasteiger partial charge >= 0.3 is 5.97 Å². The second kappa shape index (κ2) is 13.1. The number of carbonyl (C=O) groups excluding carboxylic acids is 1. The van der Waals surface area contributed by atoms with Gasteiger partial charge in [0.05, 0.1) is 13.0 Å². The van der Waals surface area contributed by atoms with Crippen LogP contribution < -0.4 is 0 Å². The monoisotopic (exact) mass is 299 g/mol. The molecule has 0 aliphatic heterocycles. The van der Waals surface area contributed by atoms with Crippen molar-refractivity contribution >= 4 is 5.97 Å². The van der Waals surface area contributed by atoms with Crippen molar-refractivity contribution in [2.24, 2.45) is 5.92 Å². The summed E-state index contributed by atoms with van der Waals surface area (Å²) in [6.45, 7) is 13.5. The first-order chi connectivity index (χ1) is 10.1. The van der Waals surface area contributed by atoms with Crippen molar-refractivity contribution in [3.05, 3.63) is 0 Å². The van der Waals surface area contributed by atoms with Gasteiger partial charge in [0.1, 0.15) is 0 Å². The quantitative estimate of drug-likeness (QED) is 0.464. The highest BCUT2D eigenvalue weighted by molar-refractivity contribution is 5.70. The van der Waals surface area contributed by atoms with Crippen LogP contribution in [0.3, 0.4) is 0 Å². The first-order valence-corrected chi connectivity index (χ1v) is 9.02. The van der Waals surface area contributed by atoms with Gasteiger partial charge in [0.2, 0.25) is 0 Å². The molecule has 0 saturated carbocycles. The smallest absolute Gasteiger partial charge is 0.307 e. The molecule has 21 heavy (non-hydrogen) atoms.